The molecule has 1 fully saturated rings. The molecule has 0 spiro atoms. The summed E-state index contributed by atoms with van der Waals surface area (Å²) in [5.41, 5.74) is 1.21. The second-order valence-corrected chi connectivity index (χ2v) is 9.55. The van der Waals surface area contributed by atoms with Gasteiger partial charge in [0.15, 0.2) is 0 Å². The Morgan fingerprint density at radius 3 is 2.58 bits per heavy atom. The molecule has 0 saturated carbocycles. The highest BCUT2D eigenvalue weighted by Crippen LogP contribution is 2.36. The molecular formula is C22H21FN4O3S. The maximum absolute atomic E-state index is 14.2. The van der Waals surface area contributed by atoms with Crippen molar-refractivity contribution >= 4 is 10.0 Å². The number of nitrogens with zero attached hydrogens (tertiary/aromatic N) is 4. The SMILES string of the molecule is O=S1(=O)c2cccnc2O[C@@H]2CN(Cc3ccccc3F)C[C@@H]2N1Cc1ccccn1. The smallest absolute Gasteiger partial charge is 0.249 e. The number of rotatable bonds is 4. The van der Waals surface area contributed by atoms with Gasteiger partial charge in [0, 0.05) is 37.6 Å². The van der Waals surface area contributed by atoms with E-state index in [4.69, 9.17) is 4.74 Å². The van der Waals surface area contributed by atoms with Gasteiger partial charge in [-0.3, -0.25) is 9.88 Å². The van der Waals surface area contributed by atoms with E-state index in [1.165, 1.54) is 22.6 Å². The Bertz CT molecular complexity index is 1190. The standard InChI is InChI=1S/C22H21FN4O3S/c23-18-8-2-1-6-16(18)12-26-14-19-20(15-26)30-22-21(9-5-11-25-22)31(28,29)27(19)13-17-7-3-4-10-24-17/h1-11,19-20H,12-15H2/t19-,20+/m0/s1. The molecule has 0 radical (unpaired) electrons. The van der Waals surface area contributed by atoms with Gasteiger partial charge in [-0.05, 0) is 30.3 Å². The number of ether oxygens (including phenoxy) is 1. The number of hydrogen-bond donors (Lipinski definition) is 0. The van der Waals surface area contributed by atoms with Gasteiger partial charge >= 0.3 is 0 Å². The van der Waals surface area contributed by atoms with Crippen LogP contribution in [0.5, 0.6) is 5.88 Å². The number of hydrogen-bond acceptors (Lipinski definition) is 6. The first-order chi connectivity index (χ1) is 15.0. The molecule has 2 aromatic heterocycles. The number of likely N-dealkylation sites (tertiary alicyclic amines) is 1. The zero-order valence-corrected chi connectivity index (χ0v) is 17.5. The van der Waals surface area contributed by atoms with Gasteiger partial charge < -0.3 is 4.74 Å². The van der Waals surface area contributed by atoms with E-state index in [2.05, 4.69) is 9.97 Å². The molecule has 31 heavy (non-hydrogen) atoms. The van der Waals surface area contributed by atoms with Crippen LogP contribution in [0.25, 0.3) is 0 Å². The zero-order chi connectivity index (χ0) is 21.4. The van der Waals surface area contributed by atoms with Gasteiger partial charge in [-0.25, -0.2) is 17.8 Å². The Morgan fingerprint density at radius 2 is 1.77 bits per heavy atom. The monoisotopic (exact) mass is 440 g/mol. The van der Waals surface area contributed by atoms with Crippen LogP contribution in [0.15, 0.2) is 71.9 Å². The summed E-state index contributed by atoms with van der Waals surface area (Å²) >= 11 is 0. The average Bonchev–Trinajstić information content (AvgIpc) is 3.13. The molecule has 4 heterocycles. The van der Waals surface area contributed by atoms with Crippen LogP contribution in [0.4, 0.5) is 4.39 Å². The highest BCUT2D eigenvalue weighted by molar-refractivity contribution is 7.89. The molecule has 0 N–H and O–H groups in total. The van der Waals surface area contributed by atoms with Crippen LogP contribution in [-0.4, -0.2) is 52.8 Å². The molecule has 7 nitrogen and oxygen atoms in total. The summed E-state index contributed by atoms with van der Waals surface area (Å²) in [7, 11) is -3.87. The second-order valence-electron chi connectivity index (χ2n) is 7.69. The molecule has 0 unspecified atom stereocenters. The van der Waals surface area contributed by atoms with Gasteiger partial charge in [-0.15, -0.1) is 0 Å². The summed E-state index contributed by atoms with van der Waals surface area (Å²) in [5, 5.41) is 0. The van der Waals surface area contributed by atoms with Gasteiger partial charge in [-0.1, -0.05) is 24.3 Å². The Morgan fingerprint density at radius 1 is 0.968 bits per heavy atom. The van der Waals surface area contributed by atoms with Crippen LogP contribution < -0.4 is 4.74 Å². The van der Waals surface area contributed by atoms with Crippen LogP contribution >= 0.6 is 0 Å². The predicted molar refractivity (Wildman–Crippen MR) is 111 cm³/mol. The maximum atomic E-state index is 14.2. The lowest BCUT2D eigenvalue weighted by molar-refractivity contribution is 0.143. The molecule has 0 aliphatic carbocycles. The van der Waals surface area contributed by atoms with Gasteiger partial charge in [0.2, 0.25) is 15.9 Å². The van der Waals surface area contributed by atoms with Crippen molar-refractivity contribution in [3.63, 3.8) is 0 Å². The largest absolute Gasteiger partial charge is 0.470 e. The Labute approximate surface area is 180 Å². The van der Waals surface area contributed by atoms with Crippen molar-refractivity contribution in [1.29, 1.82) is 0 Å². The fourth-order valence-corrected chi connectivity index (χ4v) is 5.87. The third-order valence-electron chi connectivity index (χ3n) is 5.66. The van der Waals surface area contributed by atoms with E-state index in [9.17, 15) is 12.8 Å². The molecular weight excluding hydrogens is 419 g/mol. The van der Waals surface area contributed by atoms with E-state index in [-0.39, 0.29) is 23.1 Å². The van der Waals surface area contributed by atoms with Crippen LogP contribution in [0, 0.1) is 5.82 Å². The third-order valence-corrected chi connectivity index (χ3v) is 7.55. The summed E-state index contributed by atoms with van der Waals surface area (Å²) in [5.74, 6) is -0.172. The van der Waals surface area contributed by atoms with Crippen LogP contribution in [0.2, 0.25) is 0 Å². The number of benzene rings is 1. The summed E-state index contributed by atoms with van der Waals surface area (Å²) < 4.78 is 48.9. The van der Waals surface area contributed by atoms with Gasteiger partial charge in [0.1, 0.15) is 16.8 Å². The fourth-order valence-electron chi connectivity index (χ4n) is 4.18. The van der Waals surface area contributed by atoms with Crippen LogP contribution in [0.1, 0.15) is 11.3 Å². The number of aromatic nitrogens is 2. The highest BCUT2D eigenvalue weighted by Gasteiger charge is 2.47. The van der Waals surface area contributed by atoms with Crippen molar-refractivity contribution in [2.75, 3.05) is 13.1 Å². The normalized spacial score (nSPS) is 22.9. The van der Waals surface area contributed by atoms with Gasteiger partial charge in [0.25, 0.3) is 0 Å². The van der Waals surface area contributed by atoms with Crippen LogP contribution in [0.3, 0.4) is 0 Å². The molecule has 2 atom stereocenters. The number of pyridine rings is 2. The lowest BCUT2D eigenvalue weighted by atomic mass is 10.2. The van der Waals surface area contributed by atoms with Gasteiger partial charge in [0.05, 0.1) is 18.3 Å². The van der Waals surface area contributed by atoms with Gasteiger partial charge in [-0.2, -0.15) is 4.31 Å². The lowest BCUT2D eigenvalue weighted by Crippen LogP contribution is -2.46. The molecule has 9 heteroatoms. The summed E-state index contributed by atoms with van der Waals surface area (Å²) in [6, 6.07) is 14.7. The molecule has 1 aromatic carbocycles. The fraction of sp³-hybridized carbons (Fsp3) is 0.273. The molecule has 2 aliphatic rings. The molecule has 2 aliphatic heterocycles. The topological polar surface area (TPSA) is 75.6 Å². The molecule has 1 saturated heterocycles. The Hall–Kier alpha value is -2.88. The van der Waals surface area contributed by atoms with E-state index in [0.29, 0.717) is 30.9 Å². The molecule has 5 rings (SSSR count). The average molecular weight is 441 g/mol. The van der Waals surface area contributed by atoms with Crippen molar-refractivity contribution in [3.05, 3.63) is 84.1 Å². The molecule has 0 bridgehead atoms. The second kappa shape index (κ2) is 7.99. The maximum Gasteiger partial charge on any atom is 0.249 e. The first-order valence-electron chi connectivity index (χ1n) is 10.0. The summed E-state index contributed by atoms with van der Waals surface area (Å²) in [4.78, 5) is 10.6. The van der Waals surface area contributed by atoms with Crippen molar-refractivity contribution in [2.24, 2.45) is 0 Å². The van der Waals surface area contributed by atoms with E-state index in [1.54, 1.807) is 42.6 Å². The minimum Gasteiger partial charge on any atom is -0.470 e. The minimum atomic E-state index is -3.87. The van der Waals surface area contributed by atoms with E-state index in [1.807, 2.05) is 11.0 Å². The van der Waals surface area contributed by atoms with Crippen molar-refractivity contribution in [3.8, 4) is 5.88 Å². The lowest BCUT2D eigenvalue weighted by Gasteiger charge is -2.27. The van der Waals surface area contributed by atoms with Crippen molar-refractivity contribution < 1.29 is 17.5 Å². The number of halogens is 1. The van der Waals surface area contributed by atoms with E-state index < -0.39 is 22.2 Å². The molecule has 0 amide bonds. The Balaban J connectivity index is 1.51. The first-order valence-corrected chi connectivity index (χ1v) is 11.5. The van der Waals surface area contributed by atoms with Crippen LogP contribution in [-0.2, 0) is 23.1 Å². The van der Waals surface area contributed by atoms with Crippen molar-refractivity contribution in [2.45, 2.75) is 30.1 Å². The number of fused-ring (bicyclic) bond motifs is 2. The third kappa shape index (κ3) is 3.80. The quantitative estimate of drug-likeness (QED) is 0.621. The Kier molecular flexibility index (Phi) is 5.17. The van der Waals surface area contributed by atoms with Crippen molar-refractivity contribution in [1.82, 2.24) is 19.2 Å². The minimum absolute atomic E-state index is 0.0565. The zero-order valence-electron chi connectivity index (χ0n) is 16.6. The highest BCUT2D eigenvalue weighted by atomic mass is 32.2. The molecule has 160 valence electrons. The predicted octanol–water partition coefficient (Wildman–Crippen LogP) is 2.45. The summed E-state index contributed by atoms with van der Waals surface area (Å²) in [6.45, 7) is 1.37. The van der Waals surface area contributed by atoms with E-state index >= 15 is 0 Å². The summed E-state index contributed by atoms with van der Waals surface area (Å²) in [6.07, 6.45) is 2.73. The number of sulfonamides is 1. The first kappa shape index (κ1) is 20.0. The molecule has 3 aromatic rings. The van der Waals surface area contributed by atoms with E-state index in [0.717, 1.165) is 0 Å².